The molecule has 1 aromatic carbocycles. The Kier molecular flexibility index (Phi) is 8.06. The minimum Gasteiger partial charge on any atom is -0.494 e. The lowest BCUT2D eigenvalue weighted by molar-refractivity contribution is 0.123. The zero-order chi connectivity index (χ0) is 13.1. The molecule has 1 aromatic rings. The summed E-state index contributed by atoms with van der Waals surface area (Å²) in [6.45, 7) is 4.68. The molecule has 0 spiro atoms. The first-order chi connectivity index (χ1) is 8.83. The number of nitrogens with two attached hydrogens (primary N) is 1. The fourth-order valence-corrected chi connectivity index (χ4v) is 1.62. The van der Waals surface area contributed by atoms with E-state index in [1.54, 1.807) is 0 Å². The van der Waals surface area contributed by atoms with Gasteiger partial charge in [-0.05, 0) is 43.5 Å². The first-order valence-corrected chi connectivity index (χ1v) is 6.89. The molecule has 3 heteroatoms. The van der Waals surface area contributed by atoms with Crippen molar-refractivity contribution in [3.63, 3.8) is 0 Å². The summed E-state index contributed by atoms with van der Waals surface area (Å²) in [6.07, 6.45) is 5.77. The Balaban J connectivity index is 1.91. The number of anilines is 1. The fourth-order valence-electron chi connectivity index (χ4n) is 1.62. The summed E-state index contributed by atoms with van der Waals surface area (Å²) in [5.41, 5.74) is 6.37. The highest BCUT2D eigenvalue weighted by atomic mass is 16.5. The third kappa shape index (κ3) is 7.17. The molecule has 0 bridgehead atoms. The van der Waals surface area contributed by atoms with Gasteiger partial charge < -0.3 is 15.2 Å². The fraction of sp³-hybridized carbons (Fsp3) is 0.600. The van der Waals surface area contributed by atoms with Crippen LogP contribution < -0.4 is 10.5 Å². The maximum absolute atomic E-state index is 5.60. The van der Waals surface area contributed by atoms with E-state index in [2.05, 4.69) is 6.92 Å². The van der Waals surface area contributed by atoms with Crippen LogP contribution in [0.3, 0.4) is 0 Å². The Morgan fingerprint density at radius 2 is 1.50 bits per heavy atom. The van der Waals surface area contributed by atoms with E-state index in [4.69, 9.17) is 15.2 Å². The van der Waals surface area contributed by atoms with E-state index >= 15 is 0 Å². The maximum atomic E-state index is 5.60. The van der Waals surface area contributed by atoms with Crippen molar-refractivity contribution >= 4 is 5.69 Å². The molecule has 0 unspecified atom stereocenters. The number of unbranched alkanes of at least 4 members (excludes halogenated alkanes) is 3. The van der Waals surface area contributed by atoms with Crippen LogP contribution in [0, 0.1) is 0 Å². The normalized spacial score (nSPS) is 10.5. The highest BCUT2D eigenvalue weighted by Crippen LogP contribution is 2.13. The molecule has 0 atom stereocenters. The van der Waals surface area contributed by atoms with Crippen LogP contribution >= 0.6 is 0 Å². The van der Waals surface area contributed by atoms with Gasteiger partial charge in [-0.15, -0.1) is 0 Å². The third-order valence-corrected chi connectivity index (χ3v) is 2.72. The number of benzene rings is 1. The lowest BCUT2D eigenvalue weighted by Crippen LogP contribution is -2.02. The Morgan fingerprint density at radius 1 is 0.889 bits per heavy atom. The summed E-state index contributed by atoms with van der Waals surface area (Å²) in [6, 6.07) is 7.51. The molecule has 1 rings (SSSR count). The SMILES string of the molecule is CCCCCOCCCCOc1ccc(N)cc1. The molecule has 0 radical (unpaired) electrons. The number of nitrogen functional groups attached to an aromatic ring is 1. The summed E-state index contributed by atoms with van der Waals surface area (Å²) >= 11 is 0. The molecule has 0 aliphatic heterocycles. The molecule has 0 aliphatic rings. The lowest BCUT2D eigenvalue weighted by Gasteiger charge is -2.07. The molecular weight excluding hydrogens is 226 g/mol. The van der Waals surface area contributed by atoms with Crippen LogP contribution in [0.15, 0.2) is 24.3 Å². The number of hydrogen-bond acceptors (Lipinski definition) is 3. The molecule has 0 amide bonds. The van der Waals surface area contributed by atoms with Gasteiger partial charge in [0.25, 0.3) is 0 Å². The molecule has 3 nitrogen and oxygen atoms in total. The van der Waals surface area contributed by atoms with Crippen LogP contribution in [-0.4, -0.2) is 19.8 Å². The molecular formula is C15H25NO2. The van der Waals surface area contributed by atoms with E-state index in [-0.39, 0.29) is 0 Å². The minimum absolute atomic E-state index is 0.738. The van der Waals surface area contributed by atoms with E-state index in [0.717, 1.165) is 44.1 Å². The number of hydrogen-bond donors (Lipinski definition) is 1. The van der Waals surface area contributed by atoms with E-state index in [9.17, 15) is 0 Å². The topological polar surface area (TPSA) is 44.5 Å². The first kappa shape index (κ1) is 14.8. The number of rotatable bonds is 10. The maximum Gasteiger partial charge on any atom is 0.119 e. The van der Waals surface area contributed by atoms with E-state index in [0.29, 0.717) is 0 Å². The lowest BCUT2D eigenvalue weighted by atomic mass is 10.3. The molecule has 0 fully saturated rings. The zero-order valence-corrected chi connectivity index (χ0v) is 11.4. The summed E-state index contributed by atoms with van der Waals surface area (Å²) in [4.78, 5) is 0. The summed E-state index contributed by atoms with van der Waals surface area (Å²) in [7, 11) is 0. The molecule has 2 N–H and O–H groups in total. The minimum atomic E-state index is 0.738. The van der Waals surface area contributed by atoms with E-state index in [1.807, 2.05) is 24.3 Å². The monoisotopic (exact) mass is 251 g/mol. The van der Waals surface area contributed by atoms with Crippen molar-refractivity contribution in [1.82, 2.24) is 0 Å². The largest absolute Gasteiger partial charge is 0.494 e. The van der Waals surface area contributed by atoms with Gasteiger partial charge in [-0.3, -0.25) is 0 Å². The highest BCUT2D eigenvalue weighted by Gasteiger charge is 1.94. The molecule has 0 aliphatic carbocycles. The van der Waals surface area contributed by atoms with Crippen molar-refractivity contribution in [2.75, 3.05) is 25.6 Å². The smallest absolute Gasteiger partial charge is 0.119 e. The molecule has 102 valence electrons. The van der Waals surface area contributed by atoms with Gasteiger partial charge >= 0.3 is 0 Å². The molecule has 0 saturated carbocycles. The van der Waals surface area contributed by atoms with Gasteiger partial charge in [0.05, 0.1) is 6.61 Å². The van der Waals surface area contributed by atoms with Gasteiger partial charge in [-0.2, -0.15) is 0 Å². The summed E-state index contributed by atoms with van der Waals surface area (Å²) in [5.74, 6) is 0.882. The highest BCUT2D eigenvalue weighted by molar-refractivity contribution is 5.41. The van der Waals surface area contributed by atoms with Crippen LogP contribution in [-0.2, 0) is 4.74 Å². The quantitative estimate of drug-likeness (QED) is 0.510. The van der Waals surface area contributed by atoms with Gasteiger partial charge in [-0.1, -0.05) is 19.8 Å². The Bertz CT molecular complexity index is 298. The molecule has 0 aromatic heterocycles. The van der Waals surface area contributed by atoms with Crippen LogP contribution in [0.2, 0.25) is 0 Å². The number of ether oxygens (including phenoxy) is 2. The second-order valence-corrected chi connectivity index (χ2v) is 4.44. The van der Waals surface area contributed by atoms with Gasteiger partial charge in [0.15, 0.2) is 0 Å². The molecule has 18 heavy (non-hydrogen) atoms. The summed E-state index contributed by atoms with van der Waals surface area (Å²) < 4.78 is 11.1. The standard InChI is InChI=1S/C15H25NO2/c1-2-3-4-11-17-12-5-6-13-18-15-9-7-14(16)8-10-15/h7-10H,2-6,11-13,16H2,1H3. The van der Waals surface area contributed by atoms with Crippen LogP contribution in [0.1, 0.15) is 39.0 Å². The average Bonchev–Trinajstić information content (AvgIpc) is 2.39. The van der Waals surface area contributed by atoms with Gasteiger partial charge in [0.2, 0.25) is 0 Å². The predicted molar refractivity (Wildman–Crippen MR) is 75.9 cm³/mol. The second-order valence-electron chi connectivity index (χ2n) is 4.44. The molecule has 0 saturated heterocycles. The van der Waals surface area contributed by atoms with Crippen LogP contribution in [0.5, 0.6) is 5.75 Å². The van der Waals surface area contributed by atoms with Crippen molar-refractivity contribution in [2.45, 2.75) is 39.0 Å². The molecule has 0 heterocycles. The van der Waals surface area contributed by atoms with Gasteiger partial charge in [0.1, 0.15) is 5.75 Å². The average molecular weight is 251 g/mol. The van der Waals surface area contributed by atoms with Gasteiger partial charge in [-0.25, -0.2) is 0 Å². The van der Waals surface area contributed by atoms with Crippen molar-refractivity contribution < 1.29 is 9.47 Å². The first-order valence-electron chi connectivity index (χ1n) is 6.89. The van der Waals surface area contributed by atoms with E-state index < -0.39 is 0 Å². The van der Waals surface area contributed by atoms with E-state index in [1.165, 1.54) is 19.3 Å². The van der Waals surface area contributed by atoms with Crippen LogP contribution in [0.25, 0.3) is 0 Å². The Morgan fingerprint density at radius 3 is 2.17 bits per heavy atom. The Labute approximate surface area is 110 Å². The van der Waals surface area contributed by atoms with Crippen molar-refractivity contribution in [1.29, 1.82) is 0 Å². The van der Waals surface area contributed by atoms with Gasteiger partial charge in [0, 0.05) is 18.9 Å². The zero-order valence-electron chi connectivity index (χ0n) is 11.4. The third-order valence-electron chi connectivity index (χ3n) is 2.72. The summed E-state index contributed by atoms with van der Waals surface area (Å²) in [5, 5.41) is 0. The van der Waals surface area contributed by atoms with Crippen molar-refractivity contribution in [3.8, 4) is 5.75 Å². The van der Waals surface area contributed by atoms with Crippen molar-refractivity contribution in [3.05, 3.63) is 24.3 Å². The second kappa shape index (κ2) is 9.77. The van der Waals surface area contributed by atoms with Crippen LogP contribution in [0.4, 0.5) is 5.69 Å². The predicted octanol–water partition coefficient (Wildman–Crippen LogP) is 3.63. The Hall–Kier alpha value is -1.22. The van der Waals surface area contributed by atoms with Crippen molar-refractivity contribution in [2.24, 2.45) is 0 Å².